The van der Waals surface area contributed by atoms with Crippen LogP contribution in [-0.2, 0) is 16.0 Å². The van der Waals surface area contributed by atoms with Crippen LogP contribution in [0.4, 0.5) is 4.79 Å². The Morgan fingerprint density at radius 3 is 2.46 bits per heavy atom. The fraction of sp³-hybridized carbons (Fsp3) is 0.556. The van der Waals surface area contributed by atoms with E-state index in [1.807, 2.05) is 36.6 Å². The van der Waals surface area contributed by atoms with E-state index in [0.717, 1.165) is 12.2 Å². The first-order chi connectivity index (χ1) is 11.3. The summed E-state index contributed by atoms with van der Waals surface area (Å²) in [5.74, 6) is 0.609. The molecular weight excluding hydrogens is 324 g/mol. The number of nitrogens with one attached hydrogen (secondary N) is 2. The minimum absolute atomic E-state index is 0.175. The zero-order valence-electron chi connectivity index (χ0n) is 14.9. The molecule has 6 heteroatoms. The Hall–Kier alpha value is -1.69. The Labute approximate surface area is 148 Å². The Bertz CT molecular complexity index is 515. The molecule has 0 radical (unpaired) electrons. The molecule has 0 spiro atoms. The summed E-state index contributed by atoms with van der Waals surface area (Å²) in [4.78, 5) is 24.3. The number of carbonyl (C=O) groups is 2. The van der Waals surface area contributed by atoms with Crippen LogP contribution in [0.15, 0.2) is 30.3 Å². The average Bonchev–Trinajstić information content (AvgIpc) is 2.50. The van der Waals surface area contributed by atoms with Crippen molar-refractivity contribution < 1.29 is 14.3 Å². The van der Waals surface area contributed by atoms with Crippen molar-refractivity contribution in [2.24, 2.45) is 0 Å². The van der Waals surface area contributed by atoms with E-state index in [4.69, 9.17) is 4.74 Å². The highest BCUT2D eigenvalue weighted by atomic mass is 32.2. The summed E-state index contributed by atoms with van der Waals surface area (Å²) in [5, 5.41) is 5.56. The molecule has 1 atom stereocenters. The second kappa shape index (κ2) is 10.2. The van der Waals surface area contributed by atoms with E-state index in [0.29, 0.717) is 13.0 Å². The lowest BCUT2D eigenvalue weighted by molar-refractivity contribution is -0.123. The number of hydrogen-bond acceptors (Lipinski definition) is 4. The molecule has 0 fully saturated rings. The summed E-state index contributed by atoms with van der Waals surface area (Å²) in [6.07, 6.45) is 2.73. The van der Waals surface area contributed by atoms with Gasteiger partial charge >= 0.3 is 6.09 Å². The molecule has 0 unspecified atom stereocenters. The number of rotatable bonds is 8. The van der Waals surface area contributed by atoms with E-state index in [1.54, 1.807) is 32.5 Å². The van der Waals surface area contributed by atoms with Crippen molar-refractivity contribution in [2.75, 3.05) is 18.6 Å². The zero-order chi connectivity index (χ0) is 18.0. The third-order valence-electron chi connectivity index (χ3n) is 3.17. The Morgan fingerprint density at radius 1 is 1.21 bits per heavy atom. The first-order valence-corrected chi connectivity index (χ1v) is 9.51. The van der Waals surface area contributed by atoms with E-state index in [2.05, 4.69) is 10.6 Å². The standard InChI is InChI=1S/C18H28N2O3S/c1-18(2,3)23-17(22)20-15(11-13-24-4)16(21)19-12-10-14-8-6-5-7-9-14/h5-9,15H,10-13H2,1-4H3,(H,19,21)(H,20,22)/t15-/m0/s1. The summed E-state index contributed by atoms with van der Waals surface area (Å²) in [6, 6.07) is 9.38. The van der Waals surface area contributed by atoms with E-state index >= 15 is 0 Å². The topological polar surface area (TPSA) is 67.4 Å². The number of thioether (sulfide) groups is 1. The molecule has 0 aromatic heterocycles. The van der Waals surface area contributed by atoms with Gasteiger partial charge in [0.25, 0.3) is 0 Å². The molecule has 0 aliphatic heterocycles. The minimum Gasteiger partial charge on any atom is -0.444 e. The molecule has 2 N–H and O–H groups in total. The first kappa shape index (κ1) is 20.4. The van der Waals surface area contributed by atoms with E-state index in [9.17, 15) is 9.59 Å². The van der Waals surface area contributed by atoms with Crippen LogP contribution < -0.4 is 10.6 Å². The number of carbonyl (C=O) groups excluding carboxylic acids is 2. The van der Waals surface area contributed by atoms with Crippen molar-refractivity contribution in [1.29, 1.82) is 0 Å². The molecule has 0 heterocycles. The van der Waals surface area contributed by atoms with Crippen LogP contribution in [0, 0.1) is 0 Å². The van der Waals surface area contributed by atoms with Gasteiger partial charge < -0.3 is 15.4 Å². The smallest absolute Gasteiger partial charge is 0.408 e. The fourth-order valence-corrected chi connectivity index (χ4v) is 2.52. The van der Waals surface area contributed by atoms with Gasteiger partial charge in [0, 0.05) is 6.54 Å². The van der Waals surface area contributed by atoms with Gasteiger partial charge in [0.1, 0.15) is 11.6 Å². The van der Waals surface area contributed by atoms with Crippen LogP contribution in [-0.4, -0.2) is 42.2 Å². The van der Waals surface area contributed by atoms with Gasteiger partial charge in [-0.2, -0.15) is 11.8 Å². The summed E-state index contributed by atoms with van der Waals surface area (Å²) < 4.78 is 5.24. The first-order valence-electron chi connectivity index (χ1n) is 8.12. The predicted octanol–water partition coefficient (Wildman–Crippen LogP) is 2.99. The van der Waals surface area contributed by atoms with Crippen molar-refractivity contribution in [3.8, 4) is 0 Å². The number of hydrogen-bond donors (Lipinski definition) is 2. The van der Waals surface area contributed by atoms with Crippen LogP contribution >= 0.6 is 11.8 Å². The van der Waals surface area contributed by atoms with Crippen LogP contribution in [0.5, 0.6) is 0 Å². The van der Waals surface area contributed by atoms with E-state index in [1.165, 1.54) is 5.56 Å². The van der Waals surface area contributed by atoms with Crippen LogP contribution in [0.1, 0.15) is 32.8 Å². The molecule has 24 heavy (non-hydrogen) atoms. The summed E-state index contributed by atoms with van der Waals surface area (Å²) in [7, 11) is 0. The molecular formula is C18H28N2O3S. The summed E-state index contributed by atoms with van der Waals surface area (Å²) >= 11 is 1.64. The quantitative estimate of drug-likeness (QED) is 0.755. The Morgan fingerprint density at radius 2 is 1.88 bits per heavy atom. The second-order valence-electron chi connectivity index (χ2n) is 6.51. The maximum absolute atomic E-state index is 12.3. The summed E-state index contributed by atoms with van der Waals surface area (Å²) in [6.45, 7) is 5.92. The lowest BCUT2D eigenvalue weighted by Gasteiger charge is -2.23. The normalized spacial score (nSPS) is 12.3. The molecule has 1 aromatic rings. The lowest BCUT2D eigenvalue weighted by Crippen LogP contribution is -2.48. The highest BCUT2D eigenvalue weighted by Gasteiger charge is 2.23. The van der Waals surface area contributed by atoms with Gasteiger partial charge in [-0.1, -0.05) is 30.3 Å². The average molecular weight is 353 g/mol. The molecule has 2 amide bonds. The molecule has 134 valence electrons. The van der Waals surface area contributed by atoms with Gasteiger partial charge in [0.2, 0.25) is 5.91 Å². The molecule has 5 nitrogen and oxygen atoms in total. The predicted molar refractivity (Wildman–Crippen MR) is 99.3 cm³/mol. The Balaban J connectivity index is 2.49. The third-order valence-corrected chi connectivity index (χ3v) is 3.82. The van der Waals surface area contributed by atoms with Crippen molar-refractivity contribution in [3.63, 3.8) is 0 Å². The Kier molecular flexibility index (Phi) is 8.68. The maximum atomic E-state index is 12.3. The van der Waals surface area contributed by atoms with Crippen molar-refractivity contribution in [1.82, 2.24) is 10.6 Å². The molecule has 1 aromatic carbocycles. The monoisotopic (exact) mass is 352 g/mol. The van der Waals surface area contributed by atoms with E-state index < -0.39 is 17.7 Å². The number of amides is 2. The second-order valence-corrected chi connectivity index (χ2v) is 7.49. The van der Waals surface area contributed by atoms with E-state index in [-0.39, 0.29) is 5.91 Å². The van der Waals surface area contributed by atoms with Crippen LogP contribution in [0.3, 0.4) is 0 Å². The third kappa shape index (κ3) is 8.82. The molecule has 0 saturated carbocycles. The molecule has 0 bridgehead atoms. The zero-order valence-corrected chi connectivity index (χ0v) is 15.7. The lowest BCUT2D eigenvalue weighted by atomic mass is 10.1. The van der Waals surface area contributed by atoms with Crippen LogP contribution in [0.25, 0.3) is 0 Å². The molecule has 0 aliphatic rings. The minimum atomic E-state index is -0.585. The van der Waals surface area contributed by atoms with Gasteiger partial charge in [-0.25, -0.2) is 4.79 Å². The number of alkyl carbamates (subject to hydrolysis) is 1. The van der Waals surface area contributed by atoms with Crippen LogP contribution in [0.2, 0.25) is 0 Å². The molecule has 0 aliphatic carbocycles. The van der Waals surface area contributed by atoms with Gasteiger partial charge in [0.15, 0.2) is 0 Å². The van der Waals surface area contributed by atoms with Crippen molar-refractivity contribution in [2.45, 2.75) is 45.3 Å². The highest BCUT2D eigenvalue weighted by molar-refractivity contribution is 7.98. The van der Waals surface area contributed by atoms with Crippen molar-refractivity contribution >= 4 is 23.8 Å². The van der Waals surface area contributed by atoms with Gasteiger partial charge in [0.05, 0.1) is 0 Å². The largest absolute Gasteiger partial charge is 0.444 e. The SMILES string of the molecule is CSCC[C@H](NC(=O)OC(C)(C)C)C(=O)NCCc1ccccc1. The van der Waals surface area contributed by atoms with Gasteiger partial charge in [-0.15, -0.1) is 0 Å². The van der Waals surface area contributed by atoms with Gasteiger partial charge in [-0.3, -0.25) is 4.79 Å². The van der Waals surface area contributed by atoms with Gasteiger partial charge in [-0.05, 0) is 51.2 Å². The summed E-state index contributed by atoms with van der Waals surface area (Å²) in [5.41, 5.74) is 0.580. The number of ether oxygens (including phenoxy) is 1. The van der Waals surface area contributed by atoms with Crippen molar-refractivity contribution in [3.05, 3.63) is 35.9 Å². The fourth-order valence-electron chi connectivity index (χ4n) is 2.05. The molecule has 1 rings (SSSR count). The number of benzene rings is 1. The molecule has 0 saturated heterocycles. The maximum Gasteiger partial charge on any atom is 0.408 e. The highest BCUT2D eigenvalue weighted by Crippen LogP contribution is 2.08.